The Bertz CT molecular complexity index is 322. The molecule has 8 heteroatoms. The average molecular weight is 319 g/mol. The predicted molar refractivity (Wildman–Crippen MR) is 78.4 cm³/mol. The third-order valence-corrected chi connectivity index (χ3v) is 2.38. The van der Waals surface area contributed by atoms with Crippen molar-refractivity contribution in [1.29, 1.82) is 0 Å². The number of carbonyl (C=O) groups is 2. The van der Waals surface area contributed by atoms with E-state index in [4.69, 9.17) is 14.2 Å². The highest BCUT2D eigenvalue weighted by Crippen LogP contribution is 1.92. The van der Waals surface area contributed by atoms with Gasteiger partial charge in [-0.2, -0.15) is 0 Å². The fourth-order valence-corrected chi connectivity index (χ4v) is 1.37. The lowest BCUT2D eigenvalue weighted by Gasteiger charge is -2.10. The maximum absolute atomic E-state index is 11.2. The van der Waals surface area contributed by atoms with Gasteiger partial charge in [-0.1, -0.05) is 6.58 Å². The minimum absolute atomic E-state index is 0.00405. The summed E-state index contributed by atoms with van der Waals surface area (Å²) < 4.78 is 19.4. The Morgan fingerprint density at radius 1 is 1.18 bits per heavy atom. The Labute approximate surface area is 130 Å². The molecular weight excluding hydrogens is 294 g/mol. The second-order valence-electron chi connectivity index (χ2n) is 4.33. The minimum atomic E-state index is -0.617. The summed E-state index contributed by atoms with van der Waals surface area (Å²) in [6.45, 7) is 4.65. The standard InChI is InChI=1S/C14H25NO7/c1-3-13(17)21-8-9-22-14(18)15-6-4-5-7-20-11-12(16)10-19-2/h3,12,16H,1,4-11H2,2H3,(H,15,18). The van der Waals surface area contributed by atoms with Crippen LogP contribution in [0.3, 0.4) is 0 Å². The number of hydrogen-bond acceptors (Lipinski definition) is 7. The number of amides is 1. The molecule has 0 saturated heterocycles. The molecule has 1 unspecified atom stereocenters. The fourth-order valence-electron chi connectivity index (χ4n) is 1.37. The van der Waals surface area contributed by atoms with Crippen LogP contribution in [0.4, 0.5) is 4.79 Å². The fraction of sp³-hybridized carbons (Fsp3) is 0.714. The van der Waals surface area contributed by atoms with E-state index in [1.54, 1.807) is 0 Å². The molecule has 0 aliphatic heterocycles. The lowest BCUT2D eigenvalue weighted by molar-refractivity contribution is -0.138. The number of rotatable bonds is 13. The summed E-state index contributed by atoms with van der Waals surface area (Å²) >= 11 is 0. The van der Waals surface area contributed by atoms with Crippen LogP contribution >= 0.6 is 0 Å². The van der Waals surface area contributed by atoms with Crippen LogP contribution in [0.2, 0.25) is 0 Å². The molecule has 0 aliphatic carbocycles. The van der Waals surface area contributed by atoms with Crippen molar-refractivity contribution in [2.75, 3.05) is 46.7 Å². The zero-order valence-corrected chi connectivity index (χ0v) is 12.9. The molecule has 22 heavy (non-hydrogen) atoms. The van der Waals surface area contributed by atoms with E-state index < -0.39 is 18.2 Å². The highest BCUT2D eigenvalue weighted by atomic mass is 16.6. The van der Waals surface area contributed by atoms with Crippen molar-refractivity contribution in [3.63, 3.8) is 0 Å². The van der Waals surface area contributed by atoms with Crippen molar-refractivity contribution in [2.24, 2.45) is 0 Å². The highest BCUT2D eigenvalue weighted by molar-refractivity contribution is 5.81. The molecule has 0 spiro atoms. The van der Waals surface area contributed by atoms with E-state index in [9.17, 15) is 14.7 Å². The molecule has 0 aromatic rings. The van der Waals surface area contributed by atoms with Crippen LogP contribution in [-0.2, 0) is 23.7 Å². The van der Waals surface area contributed by atoms with Crippen molar-refractivity contribution in [2.45, 2.75) is 18.9 Å². The largest absolute Gasteiger partial charge is 0.459 e. The smallest absolute Gasteiger partial charge is 0.407 e. The van der Waals surface area contributed by atoms with Gasteiger partial charge >= 0.3 is 12.1 Å². The van der Waals surface area contributed by atoms with Crippen molar-refractivity contribution in [3.8, 4) is 0 Å². The first-order valence-corrected chi connectivity index (χ1v) is 7.04. The van der Waals surface area contributed by atoms with Gasteiger partial charge in [-0.15, -0.1) is 0 Å². The molecule has 0 aliphatic rings. The number of aliphatic hydroxyl groups is 1. The molecule has 0 bridgehead atoms. The van der Waals surface area contributed by atoms with Gasteiger partial charge in [-0.3, -0.25) is 0 Å². The van der Waals surface area contributed by atoms with E-state index in [0.29, 0.717) is 13.2 Å². The maximum Gasteiger partial charge on any atom is 0.407 e. The van der Waals surface area contributed by atoms with Crippen LogP contribution in [0.5, 0.6) is 0 Å². The van der Waals surface area contributed by atoms with E-state index in [1.165, 1.54) is 7.11 Å². The van der Waals surface area contributed by atoms with Gasteiger partial charge in [0, 0.05) is 26.3 Å². The first kappa shape index (κ1) is 20.4. The normalized spacial score (nSPS) is 11.5. The molecule has 0 saturated carbocycles. The van der Waals surface area contributed by atoms with Gasteiger partial charge < -0.3 is 29.4 Å². The summed E-state index contributed by atoms with van der Waals surface area (Å²) in [6.07, 6.45) is 1.33. The molecule has 1 atom stereocenters. The van der Waals surface area contributed by atoms with Crippen LogP contribution in [0.15, 0.2) is 12.7 Å². The van der Waals surface area contributed by atoms with Crippen molar-refractivity contribution < 1.29 is 33.6 Å². The summed E-state index contributed by atoms with van der Waals surface area (Å²) in [5.41, 5.74) is 0. The van der Waals surface area contributed by atoms with Gasteiger partial charge in [0.1, 0.15) is 19.3 Å². The Kier molecular flexibility index (Phi) is 13.2. The number of unbranched alkanes of at least 4 members (excludes halogenated alkanes) is 1. The quantitative estimate of drug-likeness (QED) is 0.285. The van der Waals surface area contributed by atoms with E-state index >= 15 is 0 Å². The lowest BCUT2D eigenvalue weighted by Crippen LogP contribution is -2.27. The van der Waals surface area contributed by atoms with E-state index in [2.05, 4.69) is 16.6 Å². The molecule has 128 valence electrons. The lowest BCUT2D eigenvalue weighted by atomic mass is 10.3. The SMILES string of the molecule is C=CC(=O)OCCOC(=O)NCCCCOCC(O)COC. The molecule has 0 aromatic heterocycles. The van der Waals surface area contributed by atoms with Crippen LogP contribution in [-0.4, -0.2) is 70.0 Å². The molecule has 8 nitrogen and oxygen atoms in total. The number of esters is 1. The zero-order valence-electron chi connectivity index (χ0n) is 12.9. The second-order valence-corrected chi connectivity index (χ2v) is 4.33. The maximum atomic E-state index is 11.2. The third kappa shape index (κ3) is 13.3. The monoisotopic (exact) mass is 319 g/mol. The van der Waals surface area contributed by atoms with Crippen LogP contribution in [0, 0.1) is 0 Å². The average Bonchev–Trinajstić information content (AvgIpc) is 2.50. The van der Waals surface area contributed by atoms with E-state index in [-0.39, 0.29) is 26.4 Å². The molecule has 0 radical (unpaired) electrons. The van der Waals surface area contributed by atoms with Crippen molar-refractivity contribution >= 4 is 12.1 Å². The summed E-state index contributed by atoms with van der Waals surface area (Å²) in [6, 6.07) is 0. The molecule has 1 amide bonds. The van der Waals surface area contributed by atoms with Gasteiger partial charge in [0.2, 0.25) is 0 Å². The third-order valence-electron chi connectivity index (χ3n) is 2.38. The van der Waals surface area contributed by atoms with Gasteiger partial charge in [-0.05, 0) is 12.8 Å². The number of nitrogens with one attached hydrogen (secondary N) is 1. The summed E-state index contributed by atoms with van der Waals surface area (Å²) in [7, 11) is 1.51. The number of ether oxygens (including phenoxy) is 4. The highest BCUT2D eigenvalue weighted by Gasteiger charge is 2.04. The van der Waals surface area contributed by atoms with Crippen molar-refractivity contribution in [1.82, 2.24) is 5.32 Å². The Morgan fingerprint density at radius 3 is 2.59 bits per heavy atom. The van der Waals surface area contributed by atoms with Crippen LogP contribution < -0.4 is 5.32 Å². The number of aliphatic hydroxyl groups excluding tert-OH is 1. The minimum Gasteiger partial charge on any atom is -0.459 e. The first-order chi connectivity index (χ1) is 10.6. The molecule has 0 rings (SSSR count). The number of carbonyl (C=O) groups excluding carboxylic acids is 2. The Balaban J connectivity index is 3.31. The van der Waals surface area contributed by atoms with Gasteiger partial charge in [0.25, 0.3) is 0 Å². The van der Waals surface area contributed by atoms with Crippen LogP contribution in [0.25, 0.3) is 0 Å². The molecule has 0 heterocycles. The summed E-state index contributed by atoms with van der Waals surface area (Å²) in [5.74, 6) is -0.556. The summed E-state index contributed by atoms with van der Waals surface area (Å²) in [4.78, 5) is 21.9. The number of hydrogen-bond donors (Lipinski definition) is 2. The second kappa shape index (κ2) is 14.3. The van der Waals surface area contributed by atoms with Gasteiger partial charge in [-0.25, -0.2) is 9.59 Å². The zero-order chi connectivity index (χ0) is 16.6. The predicted octanol–water partition coefficient (Wildman–Crippen LogP) is 0.246. The van der Waals surface area contributed by atoms with Crippen LogP contribution in [0.1, 0.15) is 12.8 Å². The van der Waals surface area contributed by atoms with Gasteiger partial charge in [0.05, 0.1) is 13.2 Å². The Hall–Kier alpha value is -1.64. The molecule has 0 aromatic carbocycles. The number of methoxy groups -OCH3 is 1. The number of alkyl carbamates (subject to hydrolysis) is 1. The first-order valence-electron chi connectivity index (χ1n) is 7.04. The summed E-state index contributed by atoms with van der Waals surface area (Å²) in [5, 5.41) is 11.9. The van der Waals surface area contributed by atoms with Gasteiger partial charge in [0.15, 0.2) is 0 Å². The molecule has 2 N–H and O–H groups in total. The van der Waals surface area contributed by atoms with Crippen molar-refractivity contribution in [3.05, 3.63) is 12.7 Å². The Morgan fingerprint density at radius 2 is 1.91 bits per heavy atom. The van der Waals surface area contributed by atoms with E-state index in [0.717, 1.165) is 18.9 Å². The molecular formula is C14H25NO7. The van der Waals surface area contributed by atoms with E-state index in [1.807, 2.05) is 0 Å². The molecule has 0 fully saturated rings. The topological polar surface area (TPSA) is 103 Å².